The monoisotopic (exact) mass is 342 g/mol. The van der Waals surface area contributed by atoms with E-state index in [0.29, 0.717) is 18.0 Å². The van der Waals surface area contributed by atoms with Crippen molar-refractivity contribution in [3.63, 3.8) is 0 Å². The molecule has 0 saturated carbocycles. The zero-order valence-corrected chi connectivity index (χ0v) is 15.0. The Balaban J connectivity index is 2.22. The molecule has 0 bridgehead atoms. The van der Waals surface area contributed by atoms with Gasteiger partial charge in [0.15, 0.2) is 0 Å². The second-order valence-electron chi connectivity index (χ2n) is 5.91. The van der Waals surface area contributed by atoms with Crippen molar-refractivity contribution in [1.29, 1.82) is 0 Å². The molecule has 0 spiro atoms. The molecular formula is C16H26N2O4S. The van der Waals surface area contributed by atoms with Crippen molar-refractivity contribution < 1.29 is 17.9 Å². The molecule has 2 rings (SSSR count). The van der Waals surface area contributed by atoms with Gasteiger partial charge in [0.2, 0.25) is 0 Å². The van der Waals surface area contributed by atoms with E-state index in [0.717, 1.165) is 24.8 Å². The average molecular weight is 342 g/mol. The lowest BCUT2D eigenvalue weighted by atomic mass is 10.1. The number of hydrogen-bond donors (Lipinski definition) is 1. The Bertz CT molecular complexity index is 633. The lowest BCUT2D eigenvalue weighted by Crippen LogP contribution is -2.48. The smallest absolute Gasteiger partial charge is 0.280 e. The summed E-state index contributed by atoms with van der Waals surface area (Å²) in [5.41, 5.74) is 0.750. The standard InChI is InChI=1S/C16H26N2O4S/c1-12-7-5-6-10-18(12)23(19,20)17-13(2)15-11-14(21-3)8-9-16(15)22-4/h8-9,11-13,17H,5-7,10H2,1-4H3/t12-,13-/m1/s1. The number of rotatable bonds is 6. The van der Waals surface area contributed by atoms with E-state index in [1.807, 2.05) is 13.8 Å². The summed E-state index contributed by atoms with van der Waals surface area (Å²) >= 11 is 0. The van der Waals surface area contributed by atoms with E-state index in [9.17, 15) is 8.42 Å². The van der Waals surface area contributed by atoms with E-state index < -0.39 is 16.3 Å². The topological polar surface area (TPSA) is 67.9 Å². The second kappa shape index (κ2) is 7.51. The van der Waals surface area contributed by atoms with Gasteiger partial charge in [-0.1, -0.05) is 6.42 Å². The Hall–Kier alpha value is -1.31. The van der Waals surface area contributed by atoms with Gasteiger partial charge in [0.05, 0.1) is 14.2 Å². The van der Waals surface area contributed by atoms with Gasteiger partial charge in [0, 0.05) is 24.2 Å². The van der Waals surface area contributed by atoms with E-state index in [-0.39, 0.29) is 6.04 Å². The first-order valence-electron chi connectivity index (χ1n) is 7.90. The van der Waals surface area contributed by atoms with Crippen LogP contribution in [0.25, 0.3) is 0 Å². The van der Waals surface area contributed by atoms with Crippen LogP contribution in [0.3, 0.4) is 0 Å². The van der Waals surface area contributed by atoms with E-state index in [1.54, 1.807) is 36.7 Å². The zero-order chi connectivity index (χ0) is 17.0. The molecule has 0 aliphatic carbocycles. The molecule has 1 aliphatic rings. The van der Waals surface area contributed by atoms with Gasteiger partial charge >= 0.3 is 0 Å². The summed E-state index contributed by atoms with van der Waals surface area (Å²) in [5, 5.41) is 0. The number of piperidine rings is 1. The first kappa shape index (κ1) is 18.0. The third kappa shape index (κ3) is 4.16. The summed E-state index contributed by atoms with van der Waals surface area (Å²) in [6, 6.07) is 4.98. The van der Waals surface area contributed by atoms with E-state index >= 15 is 0 Å². The molecule has 23 heavy (non-hydrogen) atoms. The van der Waals surface area contributed by atoms with Gasteiger partial charge < -0.3 is 9.47 Å². The van der Waals surface area contributed by atoms with Crippen molar-refractivity contribution in [3.8, 4) is 11.5 Å². The number of ether oxygens (including phenoxy) is 2. The molecule has 0 unspecified atom stereocenters. The maximum Gasteiger partial charge on any atom is 0.280 e. The van der Waals surface area contributed by atoms with Crippen molar-refractivity contribution in [2.24, 2.45) is 0 Å². The van der Waals surface area contributed by atoms with Crippen LogP contribution in [0.4, 0.5) is 0 Å². The SMILES string of the molecule is COc1ccc(OC)c([C@@H](C)NS(=O)(=O)N2CCCC[C@H]2C)c1. The first-order valence-corrected chi connectivity index (χ1v) is 9.34. The van der Waals surface area contributed by atoms with Gasteiger partial charge in [-0.05, 0) is 44.9 Å². The molecule has 1 N–H and O–H groups in total. The third-order valence-electron chi connectivity index (χ3n) is 4.28. The molecule has 1 aliphatic heterocycles. The van der Waals surface area contributed by atoms with Crippen LogP contribution in [0.15, 0.2) is 18.2 Å². The minimum absolute atomic E-state index is 0.0284. The minimum Gasteiger partial charge on any atom is -0.497 e. The fourth-order valence-corrected chi connectivity index (χ4v) is 4.62. The highest BCUT2D eigenvalue weighted by Gasteiger charge is 2.31. The van der Waals surface area contributed by atoms with Crippen LogP contribution in [-0.2, 0) is 10.2 Å². The van der Waals surface area contributed by atoms with Gasteiger partial charge in [0.1, 0.15) is 11.5 Å². The maximum atomic E-state index is 12.7. The minimum atomic E-state index is -3.54. The van der Waals surface area contributed by atoms with E-state index in [2.05, 4.69) is 4.72 Å². The molecule has 1 fully saturated rings. The molecule has 6 nitrogen and oxygen atoms in total. The molecule has 0 radical (unpaired) electrons. The maximum absolute atomic E-state index is 12.7. The molecule has 130 valence electrons. The lowest BCUT2D eigenvalue weighted by molar-refractivity contribution is 0.264. The molecule has 1 saturated heterocycles. The van der Waals surface area contributed by atoms with Crippen LogP contribution in [-0.4, -0.2) is 39.5 Å². The predicted octanol–water partition coefficient (Wildman–Crippen LogP) is 2.47. The fraction of sp³-hybridized carbons (Fsp3) is 0.625. The molecule has 1 aromatic rings. The summed E-state index contributed by atoms with van der Waals surface area (Å²) in [4.78, 5) is 0. The number of benzene rings is 1. The van der Waals surface area contributed by atoms with Gasteiger partial charge in [-0.15, -0.1) is 0 Å². The van der Waals surface area contributed by atoms with Gasteiger partial charge in [-0.2, -0.15) is 17.4 Å². The summed E-state index contributed by atoms with van der Waals surface area (Å²) in [6.45, 7) is 4.33. The molecule has 1 heterocycles. The Morgan fingerprint density at radius 3 is 2.61 bits per heavy atom. The highest BCUT2D eigenvalue weighted by atomic mass is 32.2. The van der Waals surface area contributed by atoms with Gasteiger partial charge in [-0.25, -0.2) is 0 Å². The van der Waals surface area contributed by atoms with Crippen LogP contribution in [0.5, 0.6) is 11.5 Å². The van der Waals surface area contributed by atoms with Crippen LogP contribution in [0, 0.1) is 0 Å². The van der Waals surface area contributed by atoms with Crippen molar-refractivity contribution in [2.75, 3.05) is 20.8 Å². The number of methoxy groups -OCH3 is 2. The molecule has 7 heteroatoms. The summed E-state index contributed by atoms with van der Waals surface area (Å²) < 4.78 is 40.2. The van der Waals surface area contributed by atoms with Crippen molar-refractivity contribution >= 4 is 10.2 Å². The molecule has 0 amide bonds. The second-order valence-corrected chi connectivity index (χ2v) is 7.56. The largest absolute Gasteiger partial charge is 0.497 e. The van der Waals surface area contributed by atoms with Crippen LogP contribution in [0.2, 0.25) is 0 Å². The number of nitrogens with one attached hydrogen (secondary N) is 1. The lowest BCUT2D eigenvalue weighted by Gasteiger charge is -2.33. The van der Waals surface area contributed by atoms with E-state index in [1.165, 1.54) is 0 Å². The Labute approximate surface area is 139 Å². The Morgan fingerprint density at radius 1 is 1.26 bits per heavy atom. The van der Waals surface area contributed by atoms with Crippen molar-refractivity contribution in [1.82, 2.24) is 9.03 Å². The average Bonchev–Trinajstić information content (AvgIpc) is 2.54. The summed E-state index contributed by atoms with van der Waals surface area (Å²) in [5.74, 6) is 1.30. The summed E-state index contributed by atoms with van der Waals surface area (Å²) in [6.07, 6.45) is 2.88. The predicted molar refractivity (Wildman–Crippen MR) is 90.0 cm³/mol. The molecular weight excluding hydrogens is 316 g/mol. The summed E-state index contributed by atoms with van der Waals surface area (Å²) in [7, 11) is -0.390. The van der Waals surface area contributed by atoms with Crippen LogP contribution >= 0.6 is 0 Å². The highest BCUT2D eigenvalue weighted by molar-refractivity contribution is 7.87. The van der Waals surface area contributed by atoms with Gasteiger partial charge in [0.25, 0.3) is 10.2 Å². The third-order valence-corrected chi connectivity index (χ3v) is 6.09. The molecule has 1 aromatic carbocycles. The normalized spacial score (nSPS) is 21.0. The Kier molecular flexibility index (Phi) is 5.89. The Morgan fingerprint density at radius 2 is 2.00 bits per heavy atom. The quantitative estimate of drug-likeness (QED) is 0.862. The fourth-order valence-electron chi connectivity index (χ4n) is 2.96. The van der Waals surface area contributed by atoms with Crippen LogP contribution in [0.1, 0.15) is 44.7 Å². The number of nitrogens with zero attached hydrogens (tertiary/aromatic N) is 1. The first-order chi connectivity index (χ1) is 10.9. The van der Waals surface area contributed by atoms with Crippen molar-refractivity contribution in [2.45, 2.75) is 45.2 Å². The highest BCUT2D eigenvalue weighted by Crippen LogP contribution is 2.30. The molecule has 0 aromatic heterocycles. The van der Waals surface area contributed by atoms with Gasteiger partial charge in [-0.3, -0.25) is 0 Å². The molecule has 2 atom stereocenters. The van der Waals surface area contributed by atoms with Crippen molar-refractivity contribution in [3.05, 3.63) is 23.8 Å². The van der Waals surface area contributed by atoms with Crippen LogP contribution < -0.4 is 14.2 Å². The zero-order valence-electron chi connectivity index (χ0n) is 14.2. The van der Waals surface area contributed by atoms with E-state index in [4.69, 9.17) is 9.47 Å². The number of hydrogen-bond acceptors (Lipinski definition) is 4.